The summed E-state index contributed by atoms with van der Waals surface area (Å²) in [6.45, 7) is 1.75. The van der Waals surface area contributed by atoms with Crippen LogP contribution in [0.4, 0.5) is 10.5 Å². The number of carbonyl (C=O) groups is 2. The zero-order valence-corrected chi connectivity index (χ0v) is 19.8. The molecule has 0 aliphatic carbocycles. The number of anilines is 1. The summed E-state index contributed by atoms with van der Waals surface area (Å²) in [6.07, 6.45) is 3.49. The zero-order valence-electron chi connectivity index (χ0n) is 19.0. The van der Waals surface area contributed by atoms with Gasteiger partial charge in [-0.15, -0.1) is 0 Å². The Bertz CT molecular complexity index is 1060. The molecule has 0 spiro atoms. The van der Waals surface area contributed by atoms with E-state index in [0.717, 1.165) is 17.9 Å². The highest BCUT2D eigenvalue weighted by molar-refractivity contribution is 7.98. The predicted molar refractivity (Wildman–Crippen MR) is 130 cm³/mol. The first-order valence-corrected chi connectivity index (χ1v) is 12.6. The lowest BCUT2D eigenvalue weighted by Gasteiger charge is -2.43. The van der Waals surface area contributed by atoms with Crippen molar-refractivity contribution in [1.29, 1.82) is 0 Å². The topological polar surface area (TPSA) is 92.7 Å². The van der Waals surface area contributed by atoms with Gasteiger partial charge >= 0.3 is 6.03 Å². The smallest absolute Gasteiger partial charge is 0.318 e. The second kappa shape index (κ2) is 10.3. The number of benzene rings is 1. The maximum Gasteiger partial charge on any atom is 0.318 e. The average Bonchev–Trinajstić information content (AvgIpc) is 2.82. The number of nitrogens with zero attached hydrogens (tertiary/aromatic N) is 2. The van der Waals surface area contributed by atoms with Crippen molar-refractivity contribution in [3.8, 4) is 5.75 Å². The first-order valence-electron chi connectivity index (χ1n) is 11.2. The SMILES string of the molecule is COc1ccc(NC(=O)C(CCSC)NC(=O)N2CC3CC(C2)c2cccc(=O)n2C3)cc1. The van der Waals surface area contributed by atoms with Gasteiger partial charge in [-0.05, 0) is 61.1 Å². The Hall–Kier alpha value is -2.94. The van der Waals surface area contributed by atoms with Gasteiger partial charge in [-0.1, -0.05) is 6.07 Å². The highest BCUT2D eigenvalue weighted by atomic mass is 32.2. The quantitative estimate of drug-likeness (QED) is 0.649. The van der Waals surface area contributed by atoms with Crippen LogP contribution < -0.4 is 20.9 Å². The Labute approximate surface area is 197 Å². The van der Waals surface area contributed by atoms with Gasteiger partial charge in [0.05, 0.1) is 7.11 Å². The van der Waals surface area contributed by atoms with Crippen molar-refractivity contribution < 1.29 is 14.3 Å². The average molecular weight is 471 g/mol. The van der Waals surface area contributed by atoms with Gasteiger partial charge in [-0.3, -0.25) is 9.59 Å². The molecule has 9 heteroatoms. The first kappa shape index (κ1) is 23.2. The van der Waals surface area contributed by atoms with Crippen LogP contribution in [0.2, 0.25) is 0 Å². The maximum absolute atomic E-state index is 13.2. The number of aromatic nitrogens is 1. The lowest BCUT2D eigenvalue weighted by Crippen LogP contribution is -2.55. The van der Waals surface area contributed by atoms with Crippen molar-refractivity contribution in [2.75, 3.05) is 37.5 Å². The summed E-state index contributed by atoms with van der Waals surface area (Å²) in [5.74, 6) is 1.59. The largest absolute Gasteiger partial charge is 0.497 e. The Morgan fingerprint density at radius 1 is 1.15 bits per heavy atom. The molecule has 33 heavy (non-hydrogen) atoms. The van der Waals surface area contributed by atoms with Gasteiger partial charge in [0.25, 0.3) is 5.56 Å². The van der Waals surface area contributed by atoms with Crippen LogP contribution in [0.15, 0.2) is 47.3 Å². The summed E-state index contributed by atoms with van der Waals surface area (Å²) in [4.78, 5) is 40.2. The van der Waals surface area contributed by atoms with E-state index in [-0.39, 0.29) is 29.3 Å². The fraction of sp³-hybridized carbons (Fsp3) is 0.458. The summed E-state index contributed by atoms with van der Waals surface area (Å²) >= 11 is 1.63. The molecule has 8 nitrogen and oxygen atoms in total. The Balaban J connectivity index is 1.42. The fourth-order valence-corrected chi connectivity index (χ4v) is 5.18. The van der Waals surface area contributed by atoms with E-state index in [1.165, 1.54) is 0 Å². The number of piperidine rings is 1. The van der Waals surface area contributed by atoms with Crippen LogP contribution in [0.3, 0.4) is 0 Å². The van der Waals surface area contributed by atoms with Gasteiger partial charge in [0.15, 0.2) is 0 Å². The van der Waals surface area contributed by atoms with Crippen LogP contribution in [0, 0.1) is 5.92 Å². The van der Waals surface area contributed by atoms with E-state index in [2.05, 4.69) is 10.6 Å². The third-order valence-corrected chi connectivity index (χ3v) is 6.99. The number of hydrogen-bond donors (Lipinski definition) is 2. The molecule has 3 amide bonds. The van der Waals surface area contributed by atoms with Gasteiger partial charge in [0.2, 0.25) is 5.91 Å². The molecule has 1 saturated heterocycles. The zero-order chi connectivity index (χ0) is 23.4. The van der Waals surface area contributed by atoms with Gasteiger partial charge < -0.3 is 24.8 Å². The van der Waals surface area contributed by atoms with Crippen LogP contribution in [0.1, 0.15) is 24.5 Å². The van der Waals surface area contributed by atoms with Crippen LogP contribution in [0.5, 0.6) is 5.75 Å². The van der Waals surface area contributed by atoms with Gasteiger partial charge in [0, 0.05) is 43.0 Å². The Morgan fingerprint density at radius 2 is 1.94 bits per heavy atom. The van der Waals surface area contributed by atoms with Crippen LogP contribution in [-0.4, -0.2) is 59.7 Å². The number of nitrogens with one attached hydrogen (secondary N) is 2. The van der Waals surface area contributed by atoms with Crippen molar-refractivity contribution in [3.63, 3.8) is 0 Å². The normalized spacial score (nSPS) is 19.9. The highest BCUT2D eigenvalue weighted by Crippen LogP contribution is 2.34. The number of thioether (sulfide) groups is 1. The maximum atomic E-state index is 13.2. The summed E-state index contributed by atoms with van der Waals surface area (Å²) < 4.78 is 7.00. The standard InChI is InChI=1S/C24H30N4O4S/c1-32-19-8-6-18(7-9-19)25-23(30)20(10-11-33-2)26-24(31)27-13-16-12-17(15-27)21-4-3-5-22(29)28(21)14-16/h3-9,16-17,20H,10-15H2,1-2H3,(H,25,30)(H,26,31). The van der Waals surface area contributed by atoms with Crippen LogP contribution >= 0.6 is 11.8 Å². The minimum Gasteiger partial charge on any atom is -0.497 e. The second-order valence-corrected chi connectivity index (χ2v) is 9.59. The molecule has 1 aromatic heterocycles. The van der Waals surface area contributed by atoms with E-state index in [0.29, 0.717) is 37.5 Å². The molecule has 3 atom stereocenters. The molecule has 1 fully saturated rings. The molecular weight excluding hydrogens is 440 g/mol. The van der Waals surface area contributed by atoms with Crippen LogP contribution in [0.25, 0.3) is 0 Å². The van der Waals surface area contributed by atoms with Crippen molar-refractivity contribution in [2.45, 2.75) is 31.3 Å². The molecule has 3 unspecified atom stereocenters. The molecule has 0 radical (unpaired) electrons. The number of amides is 3. The van der Waals surface area contributed by atoms with Gasteiger partial charge in [-0.25, -0.2) is 4.79 Å². The molecule has 176 valence electrons. The van der Waals surface area contributed by atoms with Gasteiger partial charge in [-0.2, -0.15) is 11.8 Å². The number of fused-ring (bicyclic) bond motifs is 4. The number of likely N-dealkylation sites (tertiary alicyclic amines) is 1. The monoisotopic (exact) mass is 470 g/mol. The molecule has 2 bridgehead atoms. The molecule has 2 aromatic rings. The van der Waals surface area contributed by atoms with E-state index < -0.39 is 6.04 Å². The van der Waals surface area contributed by atoms with E-state index in [4.69, 9.17) is 4.74 Å². The number of hydrogen-bond acceptors (Lipinski definition) is 5. The number of rotatable bonds is 7. The minimum atomic E-state index is -0.635. The Kier molecular flexibility index (Phi) is 7.27. The number of methoxy groups -OCH3 is 1. The third kappa shape index (κ3) is 5.35. The minimum absolute atomic E-state index is 0.0208. The predicted octanol–water partition coefficient (Wildman–Crippen LogP) is 2.75. The van der Waals surface area contributed by atoms with E-state index in [1.807, 2.05) is 16.9 Å². The lowest BCUT2D eigenvalue weighted by atomic mass is 9.83. The van der Waals surface area contributed by atoms with E-state index >= 15 is 0 Å². The van der Waals surface area contributed by atoms with Crippen molar-refractivity contribution in [1.82, 2.24) is 14.8 Å². The molecular formula is C24H30N4O4S. The van der Waals surface area contributed by atoms with Crippen molar-refractivity contribution in [3.05, 3.63) is 58.5 Å². The molecule has 4 rings (SSSR count). The van der Waals surface area contributed by atoms with Crippen molar-refractivity contribution in [2.24, 2.45) is 5.92 Å². The number of ether oxygens (including phenoxy) is 1. The van der Waals surface area contributed by atoms with E-state index in [9.17, 15) is 14.4 Å². The molecule has 3 heterocycles. The van der Waals surface area contributed by atoms with E-state index in [1.54, 1.807) is 60.2 Å². The summed E-state index contributed by atoms with van der Waals surface area (Å²) in [6, 6.07) is 11.6. The molecule has 2 aliphatic heterocycles. The third-order valence-electron chi connectivity index (χ3n) is 6.35. The number of carbonyl (C=O) groups excluding carboxylic acids is 2. The summed E-state index contributed by atoms with van der Waals surface area (Å²) in [5.41, 5.74) is 1.67. The molecule has 2 aliphatic rings. The Morgan fingerprint density at radius 3 is 2.67 bits per heavy atom. The second-order valence-electron chi connectivity index (χ2n) is 8.60. The first-order chi connectivity index (χ1) is 16.0. The lowest BCUT2D eigenvalue weighted by molar-refractivity contribution is -0.118. The summed E-state index contributed by atoms with van der Waals surface area (Å²) in [5, 5.41) is 5.85. The molecule has 1 aromatic carbocycles. The summed E-state index contributed by atoms with van der Waals surface area (Å²) in [7, 11) is 1.59. The fourth-order valence-electron chi connectivity index (χ4n) is 4.71. The van der Waals surface area contributed by atoms with Crippen molar-refractivity contribution >= 4 is 29.4 Å². The molecule has 2 N–H and O–H groups in total. The number of pyridine rings is 1. The van der Waals surface area contributed by atoms with Crippen LogP contribution in [-0.2, 0) is 11.3 Å². The number of urea groups is 1. The highest BCUT2D eigenvalue weighted by Gasteiger charge is 2.37. The molecule has 0 saturated carbocycles. The van der Waals surface area contributed by atoms with Gasteiger partial charge in [0.1, 0.15) is 11.8 Å².